The normalized spacial score (nSPS) is 17.9. The van der Waals surface area contributed by atoms with Gasteiger partial charge in [0.25, 0.3) is 5.91 Å². The standard InChI is InChI=1S/C27H28N6O3/c1-27(2,3)24-19(11-13-33(24)26(35)36)20-14-18-15-29-32-23(18)22(30-20)16-7-9-17(10-8-16)25(34)31-21-6-4-5-12-28-21/h4-10,12,14-15,19,24H,11,13H2,1-3H3,(H,29,32)(H,35,36)(H,28,31,34). The first-order valence-electron chi connectivity index (χ1n) is 11.9. The van der Waals surface area contributed by atoms with Gasteiger partial charge in [-0.2, -0.15) is 5.10 Å². The molecule has 1 aliphatic rings. The zero-order valence-electron chi connectivity index (χ0n) is 20.4. The van der Waals surface area contributed by atoms with Crippen molar-refractivity contribution in [1.29, 1.82) is 0 Å². The molecule has 2 amide bonds. The van der Waals surface area contributed by atoms with Crippen molar-refractivity contribution < 1.29 is 14.7 Å². The predicted octanol–water partition coefficient (Wildman–Crippen LogP) is 5.15. The number of fused-ring (bicyclic) bond motifs is 1. The van der Waals surface area contributed by atoms with Crippen molar-refractivity contribution in [3.63, 3.8) is 0 Å². The van der Waals surface area contributed by atoms with E-state index in [9.17, 15) is 14.7 Å². The molecule has 2 atom stereocenters. The van der Waals surface area contributed by atoms with Crippen LogP contribution in [-0.2, 0) is 0 Å². The average molecular weight is 485 g/mol. The molecule has 9 heteroatoms. The maximum Gasteiger partial charge on any atom is 0.407 e. The Morgan fingerprint density at radius 1 is 1.14 bits per heavy atom. The van der Waals surface area contributed by atoms with E-state index in [0.717, 1.165) is 27.9 Å². The van der Waals surface area contributed by atoms with Gasteiger partial charge in [0.15, 0.2) is 0 Å². The van der Waals surface area contributed by atoms with Crippen molar-refractivity contribution in [3.05, 3.63) is 72.2 Å². The number of hydrogen-bond donors (Lipinski definition) is 3. The fraction of sp³-hybridized carbons (Fsp3) is 0.296. The molecule has 0 bridgehead atoms. The number of aromatic nitrogens is 4. The van der Waals surface area contributed by atoms with Crippen molar-refractivity contribution in [2.75, 3.05) is 11.9 Å². The third kappa shape index (κ3) is 4.39. The van der Waals surface area contributed by atoms with Crippen LogP contribution in [0.2, 0.25) is 0 Å². The molecule has 1 saturated heterocycles. The monoisotopic (exact) mass is 484 g/mol. The number of amides is 2. The predicted molar refractivity (Wildman–Crippen MR) is 137 cm³/mol. The summed E-state index contributed by atoms with van der Waals surface area (Å²) >= 11 is 0. The van der Waals surface area contributed by atoms with Crippen LogP contribution in [-0.4, -0.2) is 54.8 Å². The third-order valence-corrected chi connectivity index (χ3v) is 6.69. The number of likely N-dealkylation sites (tertiary alicyclic amines) is 1. The topological polar surface area (TPSA) is 124 Å². The number of rotatable bonds is 4. The summed E-state index contributed by atoms with van der Waals surface area (Å²) in [5.41, 5.74) is 3.44. The molecule has 4 aromatic rings. The molecule has 1 fully saturated rings. The van der Waals surface area contributed by atoms with Crippen LogP contribution >= 0.6 is 0 Å². The Morgan fingerprint density at radius 2 is 1.92 bits per heavy atom. The van der Waals surface area contributed by atoms with E-state index < -0.39 is 6.09 Å². The maximum absolute atomic E-state index is 12.6. The van der Waals surface area contributed by atoms with Gasteiger partial charge in [-0.15, -0.1) is 0 Å². The van der Waals surface area contributed by atoms with Crippen LogP contribution in [0, 0.1) is 5.41 Å². The molecular formula is C27H28N6O3. The summed E-state index contributed by atoms with van der Waals surface area (Å²) in [5.74, 6) is 0.199. The number of nitrogens with one attached hydrogen (secondary N) is 2. The summed E-state index contributed by atoms with van der Waals surface area (Å²) in [5, 5.41) is 20.8. The van der Waals surface area contributed by atoms with Gasteiger partial charge in [0, 0.05) is 46.9 Å². The Kier molecular flexibility index (Phi) is 5.91. The SMILES string of the molecule is CC(C)(C)C1C(c2cc3cn[nH]c3c(-c3ccc(C(=O)Nc4ccccn4)cc3)n2)CCN1C(=O)O. The molecule has 0 aliphatic carbocycles. The van der Waals surface area contributed by atoms with Gasteiger partial charge in [-0.25, -0.2) is 9.78 Å². The van der Waals surface area contributed by atoms with Crippen LogP contribution in [0.25, 0.3) is 22.2 Å². The van der Waals surface area contributed by atoms with Crippen molar-refractivity contribution in [2.24, 2.45) is 5.41 Å². The fourth-order valence-corrected chi connectivity index (χ4v) is 5.16. The van der Waals surface area contributed by atoms with Crippen LogP contribution in [0.15, 0.2) is 60.9 Å². The number of benzene rings is 1. The van der Waals surface area contributed by atoms with Crippen LogP contribution in [0.1, 0.15) is 49.2 Å². The second-order valence-electron chi connectivity index (χ2n) is 10.2. The zero-order chi connectivity index (χ0) is 25.4. The lowest BCUT2D eigenvalue weighted by molar-refractivity contribution is 0.101. The van der Waals surface area contributed by atoms with E-state index in [0.29, 0.717) is 24.3 Å². The largest absolute Gasteiger partial charge is 0.465 e. The number of hydrogen-bond acceptors (Lipinski definition) is 5. The van der Waals surface area contributed by atoms with Crippen LogP contribution in [0.4, 0.5) is 10.6 Å². The van der Waals surface area contributed by atoms with Gasteiger partial charge < -0.3 is 15.3 Å². The van der Waals surface area contributed by atoms with Crippen LogP contribution < -0.4 is 5.32 Å². The lowest BCUT2D eigenvalue weighted by Crippen LogP contribution is -2.44. The molecule has 36 heavy (non-hydrogen) atoms. The first-order valence-corrected chi connectivity index (χ1v) is 11.9. The van der Waals surface area contributed by atoms with E-state index in [2.05, 4.69) is 41.3 Å². The first-order chi connectivity index (χ1) is 17.2. The molecule has 0 radical (unpaired) electrons. The average Bonchev–Trinajstić information content (AvgIpc) is 3.51. The highest BCUT2D eigenvalue weighted by Crippen LogP contribution is 2.43. The summed E-state index contributed by atoms with van der Waals surface area (Å²) in [6.07, 6.45) is 3.18. The summed E-state index contributed by atoms with van der Waals surface area (Å²) < 4.78 is 0. The molecule has 9 nitrogen and oxygen atoms in total. The molecule has 0 spiro atoms. The number of carbonyl (C=O) groups is 2. The van der Waals surface area contributed by atoms with Crippen LogP contribution in [0.3, 0.4) is 0 Å². The Morgan fingerprint density at radius 3 is 2.58 bits per heavy atom. The highest BCUT2D eigenvalue weighted by molar-refractivity contribution is 6.04. The third-order valence-electron chi connectivity index (χ3n) is 6.69. The van der Waals surface area contributed by atoms with E-state index in [-0.39, 0.29) is 23.3 Å². The van der Waals surface area contributed by atoms with Crippen molar-refractivity contribution >= 4 is 28.7 Å². The summed E-state index contributed by atoms with van der Waals surface area (Å²) in [6.45, 7) is 6.68. The minimum absolute atomic E-state index is 0.0393. The smallest absolute Gasteiger partial charge is 0.407 e. The Bertz CT molecular complexity index is 1410. The van der Waals surface area contributed by atoms with Crippen LogP contribution in [0.5, 0.6) is 0 Å². The molecule has 3 N–H and O–H groups in total. The van der Waals surface area contributed by atoms with Gasteiger partial charge in [0.2, 0.25) is 0 Å². The lowest BCUT2D eigenvalue weighted by atomic mass is 9.78. The van der Waals surface area contributed by atoms with Crippen molar-refractivity contribution in [2.45, 2.75) is 39.2 Å². The Labute approximate surface area is 208 Å². The van der Waals surface area contributed by atoms with E-state index >= 15 is 0 Å². The molecule has 5 rings (SSSR count). The first kappa shape index (κ1) is 23.5. The highest BCUT2D eigenvalue weighted by Gasteiger charge is 2.45. The van der Waals surface area contributed by atoms with Gasteiger partial charge >= 0.3 is 6.09 Å². The van der Waals surface area contributed by atoms with Gasteiger partial charge in [-0.1, -0.05) is 39.0 Å². The maximum atomic E-state index is 12.6. The number of aromatic amines is 1. The van der Waals surface area contributed by atoms with E-state index in [1.165, 1.54) is 0 Å². The van der Waals surface area contributed by atoms with Gasteiger partial charge in [0.05, 0.1) is 17.4 Å². The summed E-state index contributed by atoms with van der Waals surface area (Å²) in [7, 11) is 0. The molecule has 4 heterocycles. The highest BCUT2D eigenvalue weighted by atomic mass is 16.4. The number of nitrogens with zero attached hydrogens (tertiary/aromatic N) is 4. The van der Waals surface area contributed by atoms with E-state index in [1.54, 1.807) is 41.6 Å². The van der Waals surface area contributed by atoms with Gasteiger partial charge in [-0.3, -0.25) is 14.9 Å². The molecule has 1 aromatic carbocycles. The number of H-pyrrole nitrogens is 1. The Hall–Kier alpha value is -4.27. The lowest BCUT2D eigenvalue weighted by Gasteiger charge is -2.37. The second-order valence-corrected chi connectivity index (χ2v) is 10.2. The molecule has 3 aromatic heterocycles. The minimum atomic E-state index is -0.901. The van der Waals surface area contributed by atoms with E-state index in [4.69, 9.17) is 4.98 Å². The summed E-state index contributed by atoms with van der Waals surface area (Å²) in [6, 6.07) is 14.4. The fourth-order valence-electron chi connectivity index (χ4n) is 5.16. The van der Waals surface area contributed by atoms with Gasteiger partial charge in [0.1, 0.15) is 5.82 Å². The molecule has 2 unspecified atom stereocenters. The van der Waals surface area contributed by atoms with Crippen molar-refractivity contribution in [3.8, 4) is 11.3 Å². The van der Waals surface area contributed by atoms with Gasteiger partial charge in [-0.05, 0) is 42.2 Å². The zero-order valence-corrected chi connectivity index (χ0v) is 20.4. The second kappa shape index (κ2) is 9.07. The number of anilines is 1. The Balaban J connectivity index is 1.49. The number of carbonyl (C=O) groups excluding carboxylic acids is 1. The molecule has 0 saturated carbocycles. The number of carboxylic acid groups (broad SMARTS) is 1. The quantitative estimate of drug-likeness (QED) is 0.368. The minimum Gasteiger partial charge on any atom is -0.465 e. The molecule has 1 aliphatic heterocycles. The number of pyridine rings is 2. The van der Waals surface area contributed by atoms with E-state index in [1.807, 2.05) is 24.3 Å². The van der Waals surface area contributed by atoms with Crippen molar-refractivity contribution in [1.82, 2.24) is 25.1 Å². The summed E-state index contributed by atoms with van der Waals surface area (Å²) in [4.78, 5) is 35.3. The molecular weight excluding hydrogens is 456 g/mol. The molecule has 184 valence electrons.